The van der Waals surface area contributed by atoms with Crippen molar-refractivity contribution in [1.82, 2.24) is 5.32 Å². The van der Waals surface area contributed by atoms with Gasteiger partial charge in [-0.15, -0.1) is 0 Å². The lowest BCUT2D eigenvalue weighted by molar-refractivity contribution is -0.125. The summed E-state index contributed by atoms with van der Waals surface area (Å²) in [7, 11) is 0. The Bertz CT molecular complexity index is 689. The molecule has 1 fully saturated rings. The molecule has 1 aliphatic heterocycles. The van der Waals surface area contributed by atoms with Crippen LogP contribution in [-0.4, -0.2) is 36.4 Å². The van der Waals surface area contributed by atoms with Crippen LogP contribution in [0.1, 0.15) is 17.5 Å². The second kappa shape index (κ2) is 8.65. The first-order valence-corrected chi connectivity index (χ1v) is 8.51. The minimum Gasteiger partial charge on any atom is -0.508 e. The average Bonchev–Trinajstić information content (AvgIpc) is 2.62. The zero-order valence-electron chi connectivity index (χ0n) is 14.1. The monoisotopic (exact) mass is 341 g/mol. The van der Waals surface area contributed by atoms with E-state index in [0.717, 1.165) is 17.5 Å². The van der Waals surface area contributed by atoms with E-state index in [1.807, 2.05) is 36.4 Å². The maximum absolute atomic E-state index is 12.3. The van der Waals surface area contributed by atoms with Gasteiger partial charge in [0, 0.05) is 6.61 Å². The van der Waals surface area contributed by atoms with Gasteiger partial charge in [0.15, 0.2) is 0 Å². The number of aromatic hydroxyl groups is 1. The second-order valence-electron chi connectivity index (χ2n) is 6.22. The van der Waals surface area contributed by atoms with Gasteiger partial charge in [0.1, 0.15) is 5.75 Å². The first-order valence-electron chi connectivity index (χ1n) is 8.51. The lowest BCUT2D eigenvalue weighted by atomic mass is 10.1. The minimum atomic E-state index is -0.165. The number of carbonyl (C=O) groups is 1. The lowest BCUT2D eigenvalue weighted by Crippen LogP contribution is -2.50. The SMILES string of the molecule is O=C(Cc1cccc(O)c1)N[C@@H]1COCC[C@@H]1OCc1ccccc1. The van der Waals surface area contributed by atoms with Gasteiger partial charge in [0.25, 0.3) is 0 Å². The van der Waals surface area contributed by atoms with E-state index in [1.165, 1.54) is 0 Å². The van der Waals surface area contributed by atoms with Crippen LogP contribution in [-0.2, 0) is 27.3 Å². The molecule has 5 heteroatoms. The zero-order chi connectivity index (χ0) is 17.5. The van der Waals surface area contributed by atoms with Gasteiger partial charge in [0.2, 0.25) is 5.91 Å². The molecule has 0 bridgehead atoms. The number of hydrogen-bond acceptors (Lipinski definition) is 4. The molecule has 1 aliphatic rings. The van der Waals surface area contributed by atoms with Gasteiger partial charge in [-0.3, -0.25) is 4.79 Å². The number of nitrogens with one attached hydrogen (secondary N) is 1. The van der Waals surface area contributed by atoms with Crippen LogP contribution in [0.4, 0.5) is 0 Å². The fraction of sp³-hybridized carbons (Fsp3) is 0.350. The zero-order valence-corrected chi connectivity index (χ0v) is 14.1. The van der Waals surface area contributed by atoms with Crippen LogP contribution >= 0.6 is 0 Å². The molecule has 1 heterocycles. The van der Waals surface area contributed by atoms with E-state index in [4.69, 9.17) is 9.47 Å². The van der Waals surface area contributed by atoms with Crippen molar-refractivity contribution in [2.24, 2.45) is 0 Å². The van der Waals surface area contributed by atoms with Crippen LogP contribution in [0.15, 0.2) is 54.6 Å². The molecule has 2 N–H and O–H groups in total. The Morgan fingerprint density at radius 1 is 1.16 bits per heavy atom. The first kappa shape index (κ1) is 17.5. The van der Waals surface area contributed by atoms with E-state index < -0.39 is 0 Å². The van der Waals surface area contributed by atoms with Crippen molar-refractivity contribution < 1.29 is 19.4 Å². The van der Waals surface area contributed by atoms with Gasteiger partial charge < -0.3 is 19.9 Å². The van der Waals surface area contributed by atoms with E-state index in [0.29, 0.717) is 19.8 Å². The third kappa shape index (κ3) is 5.31. The van der Waals surface area contributed by atoms with Crippen LogP contribution in [0, 0.1) is 0 Å². The van der Waals surface area contributed by atoms with Crippen molar-refractivity contribution >= 4 is 5.91 Å². The topological polar surface area (TPSA) is 67.8 Å². The van der Waals surface area contributed by atoms with Gasteiger partial charge in [-0.2, -0.15) is 0 Å². The fourth-order valence-electron chi connectivity index (χ4n) is 2.94. The summed E-state index contributed by atoms with van der Waals surface area (Å²) in [5.74, 6) is 0.0600. The summed E-state index contributed by atoms with van der Waals surface area (Å²) in [5, 5.41) is 12.5. The Hall–Kier alpha value is -2.37. The highest BCUT2D eigenvalue weighted by Crippen LogP contribution is 2.16. The van der Waals surface area contributed by atoms with E-state index in [2.05, 4.69) is 5.32 Å². The number of amides is 1. The Labute approximate surface area is 147 Å². The maximum atomic E-state index is 12.3. The van der Waals surface area contributed by atoms with Gasteiger partial charge in [-0.25, -0.2) is 0 Å². The summed E-state index contributed by atoms with van der Waals surface area (Å²) in [6.07, 6.45) is 0.905. The standard InChI is InChI=1S/C20H23NO4/c22-17-8-4-7-16(11-17)12-20(23)21-18-14-24-10-9-19(18)25-13-15-5-2-1-3-6-15/h1-8,11,18-19,22H,9-10,12-14H2,(H,21,23)/t18-,19+/m1/s1. The number of carbonyl (C=O) groups excluding carboxylic acids is 1. The smallest absolute Gasteiger partial charge is 0.224 e. The normalized spacial score (nSPS) is 20.2. The molecule has 0 aliphatic carbocycles. The van der Waals surface area contributed by atoms with Crippen molar-refractivity contribution in [3.8, 4) is 5.75 Å². The number of benzene rings is 2. The predicted octanol–water partition coefficient (Wildman–Crippen LogP) is 2.43. The summed E-state index contributed by atoms with van der Waals surface area (Å²) in [4.78, 5) is 12.3. The van der Waals surface area contributed by atoms with Gasteiger partial charge in [-0.05, 0) is 29.7 Å². The van der Waals surface area contributed by atoms with Gasteiger partial charge in [-0.1, -0.05) is 42.5 Å². The number of hydrogen-bond donors (Lipinski definition) is 2. The molecule has 3 rings (SSSR count). The van der Waals surface area contributed by atoms with Crippen LogP contribution in [0.25, 0.3) is 0 Å². The van der Waals surface area contributed by atoms with Crippen molar-refractivity contribution in [3.63, 3.8) is 0 Å². The average molecular weight is 341 g/mol. The van der Waals surface area contributed by atoms with E-state index in [1.54, 1.807) is 18.2 Å². The maximum Gasteiger partial charge on any atom is 0.224 e. The molecule has 2 aromatic rings. The molecular formula is C20H23NO4. The Morgan fingerprint density at radius 2 is 1.96 bits per heavy atom. The molecule has 132 valence electrons. The summed E-state index contributed by atoms with van der Waals surface area (Å²) >= 11 is 0. The summed E-state index contributed by atoms with van der Waals surface area (Å²) in [6.45, 7) is 1.61. The highest BCUT2D eigenvalue weighted by molar-refractivity contribution is 5.79. The fourth-order valence-corrected chi connectivity index (χ4v) is 2.94. The highest BCUT2D eigenvalue weighted by Gasteiger charge is 2.28. The molecular weight excluding hydrogens is 318 g/mol. The van der Waals surface area contributed by atoms with E-state index in [9.17, 15) is 9.90 Å². The highest BCUT2D eigenvalue weighted by atomic mass is 16.5. The van der Waals surface area contributed by atoms with Crippen molar-refractivity contribution in [1.29, 1.82) is 0 Å². The van der Waals surface area contributed by atoms with E-state index in [-0.39, 0.29) is 30.2 Å². The molecule has 1 saturated heterocycles. The number of ether oxygens (including phenoxy) is 2. The molecule has 2 atom stereocenters. The molecule has 25 heavy (non-hydrogen) atoms. The molecule has 0 radical (unpaired) electrons. The van der Waals surface area contributed by atoms with Crippen molar-refractivity contribution in [3.05, 3.63) is 65.7 Å². The molecule has 2 aromatic carbocycles. The van der Waals surface area contributed by atoms with Crippen LogP contribution in [0.3, 0.4) is 0 Å². The molecule has 0 aromatic heterocycles. The van der Waals surface area contributed by atoms with Crippen LogP contribution in [0.5, 0.6) is 5.75 Å². The Kier molecular flexibility index (Phi) is 6.04. The Balaban J connectivity index is 1.54. The first-order chi connectivity index (χ1) is 12.2. The number of phenolic OH excluding ortho intramolecular Hbond substituents is 1. The predicted molar refractivity (Wildman–Crippen MR) is 94.2 cm³/mol. The molecule has 0 unspecified atom stereocenters. The van der Waals surface area contributed by atoms with Crippen LogP contribution < -0.4 is 5.32 Å². The quantitative estimate of drug-likeness (QED) is 0.847. The summed E-state index contributed by atoms with van der Waals surface area (Å²) in [6, 6.07) is 16.6. The number of phenols is 1. The Morgan fingerprint density at radius 3 is 2.76 bits per heavy atom. The summed E-state index contributed by atoms with van der Waals surface area (Å²) < 4.78 is 11.5. The van der Waals surface area contributed by atoms with Gasteiger partial charge >= 0.3 is 0 Å². The summed E-state index contributed by atoms with van der Waals surface area (Å²) in [5.41, 5.74) is 1.88. The largest absolute Gasteiger partial charge is 0.508 e. The van der Waals surface area contributed by atoms with Crippen molar-refractivity contribution in [2.45, 2.75) is 31.6 Å². The lowest BCUT2D eigenvalue weighted by Gasteiger charge is -2.32. The second-order valence-corrected chi connectivity index (χ2v) is 6.22. The third-order valence-corrected chi connectivity index (χ3v) is 4.22. The minimum absolute atomic E-state index is 0.0675. The van der Waals surface area contributed by atoms with Crippen molar-refractivity contribution in [2.75, 3.05) is 13.2 Å². The van der Waals surface area contributed by atoms with E-state index >= 15 is 0 Å². The van der Waals surface area contributed by atoms with Crippen LogP contribution in [0.2, 0.25) is 0 Å². The number of rotatable bonds is 6. The molecule has 0 spiro atoms. The third-order valence-electron chi connectivity index (χ3n) is 4.22. The van der Waals surface area contributed by atoms with Gasteiger partial charge in [0.05, 0.1) is 31.8 Å². The molecule has 0 saturated carbocycles. The molecule has 1 amide bonds. The molecule has 5 nitrogen and oxygen atoms in total.